The second-order valence-electron chi connectivity index (χ2n) is 5.91. The summed E-state index contributed by atoms with van der Waals surface area (Å²) in [5.41, 5.74) is 3.92. The average molecular weight is 271 g/mol. The Morgan fingerprint density at radius 1 is 1.40 bits per heavy atom. The van der Waals surface area contributed by atoms with E-state index in [2.05, 4.69) is 36.2 Å². The number of aromatic amines is 1. The number of carboxylic acids is 1. The summed E-state index contributed by atoms with van der Waals surface area (Å²) < 4.78 is 0. The summed E-state index contributed by atoms with van der Waals surface area (Å²) >= 11 is 0. The molecular formula is C17H21NO2. The Morgan fingerprint density at radius 3 is 2.95 bits per heavy atom. The van der Waals surface area contributed by atoms with Gasteiger partial charge in [-0.3, -0.25) is 4.79 Å². The van der Waals surface area contributed by atoms with Crippen LogP contribution in [0, 0.1) is 0 Å². The van der Waals surface area contributed by atoms with Crippen LogP contribution in [0.5, 0.6) is 0 Å². The Labute approximate surface area is 119 Å². The van der Waals surface area contributed by atoms with Crippen LogP contribution in [-0.4, -0.2) is 16.1 Å². The van der Waals surface area contributed by atoms with Crippen LogP contribution in [0.3, 0.4) is 0 Å². The molecule has 0 bridgehead atoms. The number of carbonyl (C=O) groups is 1. The van der Waals surface area contributed by atoms with E-state index in [1.165, 1.54) is 22.2 Å². The maximum atomic E-state index is 11.0. The zero-order chi connectivity index (χ0) is 14.2. The summed E-state index contributed by atoms with van der Waals surface area (Å²) in [6.07, 6.45) is 5.34. The first-order valence-corrected chi connectivity index (χ1v) is 7.48. The summed E-state index contributed by atoms with van der Waals surface area (Å²) in [7, 11) is 0. The van der Waals surface area contributed by atoms with Gasteiger partial charge in [-0.1, -0.05) is 25.1 Å². The van der Waals surface area contributed by atoms with E-state index in [0.29, 0.717) is 0 Å². The minimum absolute atomic E-state index is 0.0188. The fourth-order valence-corrected chi connectivity index (χ4v) is 3.77. The summed E-state index contributed by atoms with van der Waals surface area (Å²) in [6, 6.07) is 8.42. The lowest BCUT2D eigenvalue weighted by atomic mass is 9.69. The summed E-state index contributed by atoms with van der Waals surface area (Å²) in [5, 5.41) is 10.3. The van der Waals surface area contributed by atoms with Crippen molar-refractivity contribution >= 4 is 16.9 Å². The predicted molar refractivity (Wildman–Crippen MR) is 80.1 cm³/mol. The first-order chi connectivity index (χ1) is 9.66. The maximum absolute atomic E-state index is 11.0. The SMILES string of the molecule is CC[C@@]1(CCC(=O)O)CCCc2c1[nH]c1ccccc21. The van der Waals surface area contributed by atoms with Crippen molar-refractivity contribution in [3.8, 4) is 0 Å². The Balaban J connectivity index is 2.09. The van der Waals surface area contributed by atoms with Gasteiger partial charge >= 0.3 is 5.97 Å². The quantitative estimate of drug-likeness (QED) is 0.882. The largest absolute Gasteiger partial charge is 0.481 e. The van der Waals surface area contributed by atoms with E-state index in [4.69, 9.17) is 5.11 Å². The molecule has 0 aliphatic heterocycles. The molecule has 0 saturated carbocycles. The monoisotopic (exact) mass is 271 g/mol. The average Bonchev–Trinajstić information content (AvgIpc) is 2.85. The number of aliphatic carboxylic acids is 1. The van der Waals surface area contributed by atoms with Crippen LogP contribution in [0.2, 0.25) is 0 Å². The van der Waals surface area contributed by atoms with Gasteiger partial charge in [0.25, 0.3) is 0 Å². The molecule has 3 heteroatoms. The Hall–Kier alpha value is -1.77. The van der Waals surface area contributed by atoms with E-state index in [1.54, 1.807) is 0 Å². The molecule has 1 aliphatic carbocycles. The van der Waals surface area contributed by atoms with Gasteiger partial charge in [0.2, 0.25) is 0 Å². The van der Waals surface area contributed by atoms with Crippen LogP contribution in [-0.2, 0) is 16.6 Å². The molecule has 0 radical (unpaired) electrons. The Morgan fingerprint density at radius 2 is 2.20 bits per heavy atom. The number of carboxylic acid groups (broad SMARTS) is 1. The lowest BCUT2D eigenvalue weighted by Gasteiger charge is -2.36. The standard InChI is InChI=1S/C17H21NO2/c1-2-17(11-9-15(19)20)10-5-7-13-12-6-3-4-8-14(12)18-16(13)17/h3-4,6,8,18H,2,5,7,9-11H2,1H3,(H,19,20)/t17-/m0/s1. The van der Waals surface area contributed by atoms with Crippen LogP contribution in [0.25, 0.3) is 10.9 Å². The van der Waals surface area contributed by atoms with E-state index in [1.807, 2.05) is 0 Å². The van der Waals surface area contributed by atoms with E-state index in [-0.39, 0.29) is 11.8 Å². The second-order valence-corrected chi connectivity index (χ2v) is 5.91. The smallest absolute Gasteiger partial charge is 0.303 e. The molecule has 106 valence electrons. The van der Waals surface area contributed by atoms with Crippen molar-refractivity contribution in [2.75, 3.05) is 0 Å². The number of para-hydroxylation sites is 1. The molecule has 0 unspecified atom stereocenters. The predicted octanol–water partition coefficient (Wildman–Crippen LogP) is 4.02. The number of aromatic nitrogens is 1. The first-order valence-electron chi connectivity index (χ1n) is 7.48. The number of H-pyrrole nitrogens is 1. The fourth-order valence-electron chi connectivity index (χ4n) is 3.77. The van der Waals surface area contributed by atoms with Crippen LogP contribution in [0.1, 0.15) is 50.3 Å². The molecular weight excluding hydrogens is 250 g/mol. The molecule has 0 spiro atoms. The van der Waals surface area contributed by atoms with Gasteiger partial charge in [0.1, 0.15) is 0 Å². The molecule has 20 heavy (non-hydrogen) atoms. The second kappa shape index (κ2) is 4.97. The lowest BCUT2D eigenvalue weighted by molar-refractivity contribution is -0.137. The highest BCUT2D eigenvalue weighted by molar-refractivity contribution is 5.85. The number of hydrogen-bond donors (Lipinski definition) is 2. The Bertz CT molecular complexity index is 643. The van der Waals surface area contributed by atoms with Crippen molar-refractivity contribution in [1.29, 1.82) is 0 Å². The van der Waals surface area contributed by atoms with E-state index >= 15 is 0 Å². The molecule has 3 rings (SSSR count). The van der Waals surface area contributed by atoms with Gasteiger partial charge in [-0.15, -0.1) is 0 Å². The third kappa shape index (κ3) is 2.01. The molecule has 1 aliphatic rings. The van der Waals surface area contributed by atoms with E-state index < -0.39 is 5.97 Å². The van der Waals surface area contributed by atoms with Gasteiger partial charge in [0, 0.05) is 28.4 Å². The van der Waals surface area contributed by atoms with E-state index in [9.17, 15) is 4.79 Å². The van der Waals surface area contributed by atoms with Gasteiger partial charge < -0.3 is 10.1 Å². The third-order valence-electron chi connectivity index (χ3n) is 4.92. The van der Waals surface area contributed by atoms with Gasteiger partial charge in [-0.25, -0.2) is 0 Å². The molecule has 0 saturated heterocycles. The van der Waals surface area contributed by atoms with Crippen molar-refractivity contribution in [2.24, 2.45) is 0 Å². The fraction of sp³-hybridized carbons (Fsp3) is 0.471. The first kappa shape index (κ1) is 13.2. The van der Waals surface area contributed by atoms with Gasteiger partial charge in [-0.05, 0) is 43.7 Å². The van der Waals surface area contributed by atoms with Gasteiger partial charge in [0.05, 0.1) is 0 Å². The van der Waals surface area contributed by atoms with Crippen LogP contribution >= 0.6 is 0 Å². The molecule has 1 aromatic carbocycles. The van der Waals surface area contributed by atoms with E-state index in [0.717, 1.165) is 32.1 Å². The molecule has 2 aromatic rings. The minimum atomic E-state index is -0.693. The zero-order valence-corrected chi connectivity index (χ0v) is 11.9. The van der Waals surface area contributed by atoms with Crippen molar-refractivity contribution in [1.82, 2.24) is 4.98 Å². The molecule has 0 amide bonds. The highest BCUT2D eigenvalue weighted by Crippen LogP contribution is 2.45. The van der Waals surface area contributed by atoms with Gasteiger partial charge in [0.15, 0.2) is 0 Å². The summed E-state index contributed by atoms with van der Waals surface area (Å²) in [5.74, 6) is -0.693. The summed E-state index contributed by atoms with van der Waals surface area (Å²) in [6.45, 7) is 2.18. The molecule has 1 atom stereocenters. The van der Waals surface area contributed by atoms with Crippen LogP contribution < -0.4 is 0 Å². The van der Waals surface area contributed by atoms with Crippen LogP contribution in [0.4, 0.5) is 0 Å². The van der Waals surface area contributed by atoms with Gasteiger partial charge in [-0.2, -0.15) is 0 Å². The molecule has 3 nitrogen and oxygen atoms in total. The Kier molecular flexibility index (Phi) is 3.28. The minimum Gasteiger partial charge on any atom is -0.481 e. The highest BCUT2D eigenvalue weighted by atomic mass is 16.4. The van der Waals surface area contributed by atoms with Crippen molar-refractivity contribution in [3.63, 3.8) is 0 Å². The molecule has 0 fully saturated rings. The molecule has 1 heterocycles. The third-order valence-corrected chi connectivity index (χ3v) is 4.92. The van der Waals surface area contributed by atoms with Crippen molar-refractivity contribution < 1.29 is 9.90 Å². The molecule has 1 aromatic heterocycles. The zero-order valence-electron chi connectivity index (χ0n) is 11.9. The number of aryl methyl sites for hydroxylation is 1. The number of benzene rings is 1. The molecule has 2 N–H and O–H groups in total. The lowest BCUT2D eigenvalue weighted by Crippen LogP contribution is -2.31. The summed E-state index contributed by atoms with van der Waals surface area (Å²) in [4.78, 5) is 14.6. The highest BCUT2D eigenvalue weighted by Gasteiger charge is 2.37. The topological polar surface area (TPSA) is 53.1 Å². The maximum Gasteiger partial charge on any atom is 0.303 e. The van der Waals surface area contributed by atoms with Crippen molar-refractivity contribution in [3.05, 3.63) is 35.5 Å². The number of rotatable bonds is 4. The van der Waals surface area contributed by atoms with Crippen molar-refractivity contribution in [2.45, 2.75) is 50.9 Å². The number of hydrogen-bond acceptors (Lipinski definition) is 1. The van der Waals surface area contributed by atoms with Crippen LogP contribution in [0.15, 0.2) is 24.3 Å². The number of fused-ring (bicyclic) bond motifs is 3. The number of nitrogens with one attached hydrogen (secondary N) is 1. The normalized spacial score (nSPS) is 21.9.